The van der Waals surface area contributed by atoms with E-state index in [1.165, 1.54) is 11.8 Å². The largest absolute Gasteiger partial charge is 0.497 e. The van der Waals surface area contributed by atoms with Crippen molar-refractivity contribution in [1.82, 2.24) is 0 Å². The summed E-state index contributed by atoms with van der Waals surface area (Å²) >= 11 is 1.43. The number of ether oxygens (including phenoxy) is 1. The van der Waals surface area contributed by atoms with Gasteiger partial charge in [-0.3, -0.25) is 9.79 Å². The monoisotopic (exact) mass is 459 g/mol. The van der Waals surface area contributed by atoms with E-state index in [0.29, 0.717) is 10.9 Å². The Balaban J connectivity index is 1.56. The minimum Gasteiger partial charge on any atom is -0.497 e. The number of amidine groups is 1. The van der Waals surface area contributed by atoms with E-state index in [1.54, 1.807) is 7.11 Å². The van der Waals surface area contributed by atoms with Gasteiger partial charge in [0.1, 0.15) is 12.3 Å². The topological polar surface area (TPSA) is 88.1 Å². The van der Waals surface area contributed by atoms with Crippen molar-refractivity contribution in [3.63, 3.8) is 0 Å². The summed E-state index contributed by atoms with van der Waals surface area (Å²) in [7, 11) is -1.44. The van der Waals surface area contributed by atoms with Gasteiger partial charge in [0.15, 0.2) is 15.0 Å². The summed E-state index contributed by atoms with van der Waals surface area (Å²) in [5.41, 5.74) is 3.81. The molecule has 0 aromatic heterocycles. The summed E-state index contributed by atoms with van der Waals surface area (Å²) in [6.45, 7) is 4.10. The van der Waals surface area contributed by atoms with E-state index in [-0.39, 0.29) is 35.2 Å². The Hall–Kier alpha value is -2.52. The average molecular weight is 460 g/mol. The molecule has 0 radical (unpaired) electrons. The zero-order valence-electron chi connectivity index (χ0n) is 17.7. The second kappa shape index (κ2) is 8.55. The van der Waals surface area contributed by atoms with Crippen molar-refractivity contribution in [2.45, 2.75) is 25.1 Å². The number of hydrogen-bond acceptors (Lipinski definition) is 7. The number of nitrogens with one attached hydrogen (secondary N) is 1. The van der Waals surface area contributed by atoms with Crippen LogP contribution in [0.4, 0.5) is 11.4 Å². The van der Waals surface area contributed by atoms with Gasteiger partial charge in [-0.1, -0.05) is 17.8 Å². The minimum absolute atomic E-state index is 0.0667. The Morgan fingerprint density at radius 3 is 2.55 bits per heavy atom. The molecular weight excluding hydrogens is 434 g/mol. The fourth-order valence-electron chi connectivity index (χ4n) is 3.67. The van der Waals surface area contributed by atoms with Gasteiger partial charge in [0.2, 0.25) is 5.91 Å². The molecule has 1 saturated heterocycles. The first-order chi connectivity index (χ1) is 14.7. The average Bonchev–Trinajstić information content (AvgIpc) is 3.22. The molecule has 1 amide bonds. The zero-order valence-corrected chi connectivity index (χ0v) is 19.3. The Labute approximate surface area is 186 Å². The molecule has 2 aliphatic heterocycles. The van der Waals surface area contributed by atoms with Gasteiger partial charge >= 0.3 is 0 Å². The van der Waals surface area contributed by atoms with Crippen LogP contribution in [0.25, 0.3) is 0 Å². The van der Waals surface area contributed by atoms with Gasteiger partial charge in [-0.25, -0.2) is 8.42 Å². The molecule has 0 spiro atoms. The molecule has 1 fully saturated rings. The van der Waals surface area contributed by atoms with Crippen LogP contribution in [0.2, 0.25) is 0 Å². The maximum atomic E-state index is 12.9. The molecule has 0 saturated carbocycles. The number of hydrogen-bond donors (Lipinski definition) is 1. The molecule has 2 aromatic rings. The molecular formula is C22H25N3O4S2. The number of amides is 1. The highest BCUT2D eigenvalue weighted by Gasteiger charge is 2.44. The van der Waals surface area contributed by atoms with E-state index in [4.69, 9.17) is 4.74 Å². The van der Waals surface area contributed by atoms with Gasteiger partial charge in [0, 0.05) is 16.6 Å². The molecule has 7 nitrogen and oxygen atoms in total. The number of fused-ring (bicyclic) bond motifs is 1. The maximum absolute atomic E-state index is 12.9. The van der Waals surface area contributed by atoms with E-state index in [9.17, 15) is 13.2 Å². The van der Waals surface area contributed by atoms with Crippen molar-refractivity contribution < 1.29 is 17.9 Å². The van der Waals surface area contributed by atoms with Crippen LogP contribution in [0.15, 0.2) is 47.5 Å². The van der Waals surface area contributed by atoms with Gasteiger partial charge < -0.3 is 15.0 Å². The van der Waals surface area contributed by atoms with Crippen LogP contribution in [-0.2, 0) is 14.6 Å². The van der Waals surface area contributed by atoms with Gasteiger partial charge in [0.25, 0.3) is 0 Å². The minimum atomic E-state index is -3.04. The molecule has 0 bridgehead atoms. The molecule has 2 aromatic carbocycles. The predicted octanol–water partition coefficient (Wildman–Crippen LogP) is 3.03. The molecule has 164 valence electrons. The van der Waals surface area contributed by atoms with Crippen LogP contribution < -0.4 is 15.0 Å². The third-order valence-corrected chi connectivity index (χ3v) is 8.76. The number of carbonyl (C=O) groups excluding carboxylic acids is 1. The first kappa shape index (κ1) is 21.7. The summed E-state index contributed by atoms with van der Waals surface area (Å²) in [5.74, 6) is 0.736. The van der Waals surface area contributed by atoms with Gasteiger partial charge in [-0.15, -0.1) is 0 Å². The van der Waals surface area contributed by atoms with Crippen molar-refractivity contribution in [1.29, 1.82) is 0 Å². The number of anilines is 2. The molecule has 1 N–H and O–H groups in total. The lowest BCUT2D eigenvalue weighted by atomic mass is 10.1. The van der Waals surface area contributed by atoms with Crippen molar-refractivity contribution in [3.05, 3.63) is 53.6 Å². The first-order valence-corrected chi connectivity index (χ1v) is 12.7. The second-order valence-electron chi connectivity index (χ2n) is 7.84. The molecule has 4 rings (SSSR count). The number of sulfone groups is 1. The lowest BCUT2D eigenvalue weighted by Gasteiger charge is -2.24. The molecule has 0 unspecified atom stereocenters. The molecule has 2 heterocycles. The Bertz CT molecular complexity index is 1130. The van der Waals surface area contributed by atoms with Gasteiger partial charge in [-0.05, 0) is 61.4 Å². The zero-order chi connectivity index (χ0) is 22.2. The summed E-state index contributed by atoms with van der Waals surface area (Å²) in [5, 5.41) is 3.53. The highest BCUT2D eigenvalue weighted by molar-refractivity contribution is 8.15. The molecule has 2 atom stereocenters. The standard InChI is InChI=1S/C22H25N3O4S2/c1-14-4-5-16(10-15(14)2)23-21(26)11-25(17-6-8-18(29-3)9-7-17)22-24-19-12-31(27,28)13-20(19)30-22/h4-10,19-20H,11-13H2,1-3H3,(H,23,26)/t19-,20-/m1/s1. The number of rotatable bonds is 5. The van der Waals surface area contributed by atoms with Crippen LogP contribution in [0.3, 0.4) is 0 Å². The first-order valence-electron chi connectivity index (χ1n) is 9.98. The SMILES string of the molecule is COc1ccc(N(CC(=O)Nc2ccc(C)c(C)c2)C2=N[C@@H]3CS(=O)(=O)C[C@H]3S2)cc1. The lowest BCUT2D eigenvalue weighted by Crippen LogP contribution is -2.36. The molecule has 31 heavy (non-hydrogen) atoms. The molecule has 0 aliphatic carbocycles. The van der Waals surface area contributed by atoms with Crippen LogP contribution in [0.1, 0.15) is 11.1 Å². The van der Waals surface area contributed by atoms with Crippen molar-refractivity contribution in [3.8, 4) is 5.75 Å². The van der Waals surface area contributed by atoms with Gasteiger partial charge in [-0.2, -0.15) is 0 Å². The quantitative estimate of drug-likeness (QED) is 0.740. The fourth-order valence-corrected chi connectivity index (χ4v) is 7.45. The van der Waals surface area contributed by atoms with Crippen molar-refractivity contribution >= 4 is 44.0 Å². The van der Waals surface area contributed by atoms with E-state index >= 15 is 0 Å². The van der Waals surface area contributed by atoms with Crippen LogP contribution in [0, 0.1) is 13.8 Å². The predicted molar refractivity (Wildman–Crippen MR) is 126 cm³/mol. The number of methoxy groups -OCH3 is 1. The highest BCUT2D eigenvalue weighted by atomic mass is 32.2. The van der Waals surface area contributed by atoms with Crippen LogP contribution >= 0.6 is 11.8 Å². The second-order valence-corrected chi connectivity index (χ2v) is 11.2. The highest BCUT2D eigenvalue weighted by Crippen LogP contribution is 2.37. The van der Waals surface area contributed by atoms with E-state index in [0.717, 1.165) is 22.5 Å². The maximum Gasteiger partial charge on any atom is 0.244 e. The Kier molecular flexibility index (Phi) is 5.98. The normalized spacial score (nSPS) is 21.3. The number of aliphatic imine (C=N–C) groups is 1. The third-order valence-electron chi connectivity index (χ3n) is 5.51. The van der Waals surface area contributed by atoms with E-state index in [1.807, 2.05) is 61.2 Å². The lowest BCUT2D eigenvalue weighted by molar-refractivity contribution is -0.114. The summed E-state index contributed by atoms with van der Waals surface area (Å²) in [6, 6.07) is 13.0. The summed E-state index contributed by atoms with van der Waals surface area (Å²) in [4.78, 5) is 19.4. The number of carbonyl (C=O) groups is 1. The van der Waals surface area contributed by atoms with Crippen LogP contribution in [0.5, 0.6) is 5.75 Å². The van der Waals surface area contributed by atoms with Crippen LogP contribution in [-0.4, -0.2) is 55.9 Å². The number of benzene rings is 2. The summed E-state index contributed by atoms with van der Waals surface area (Å²) < 4.78 is 29.1. The number of nitrogens with zero attached hydrogens (tertiary/aromatic N) is 2. The number of thioether (sulfide) groups is 1. The Morgan fingerprint density at radius 2 is 1.90 bits per heavy atom. The van der Waals surface area contributed by atoms with Gasteiger partial charge in [0.05, 0.1) is 24.7 Å². The number of aryl methyl sites for hydroxylation is 2. The summed E-state index contributed by atoms with van der Waals surface area (Å²) in [6.07, 6.45) is 0. The molecule has 9 heteroatoms. The van der Waals surface area contributed by atoms with E-state index < -0.39 is 9.84 Å². The van der Waals surface area contributed by atoms with Crippen molar-refractivity contribution in [2.24, 2.45) is 4.99 Å². The Morgan fingerprint density at radius 1 is 1.16 bits per heavy atom. The molecule has 2 aliphatic rings. The van der Waals surface area contributed by atoms with Crippen molar-refractivity contribution in [2.75, 3.05) is 35.4 Å². The fraction of sp³-hybridized carbons (Fsp3) is 0.364. The third kappa shape index (κ3) is 4.88. The smallest absolute Gasteiger partial charge is 0.244 e. The van der Waals surface area contributed by atoms with E-state index in [2.05, 4.69) is 10.3 Å².